The molecule has 1 N–H and O–H groups in total. The first-order valence-electron chi connectivity index (χ1n) is 11.1. The van der Waals surface area contributed by atoms with E-state index in [9.17, 15) is 19.5 Å². The van der Waals surface area contributed by atoms with Crippen LogP contribution >= 0.6 is 0 Å². The third kappa shape index (κ3) is 3.32. The second kappa shape index (κ2) is 7.65. The topological polar surface area (TPSA) is 92.8 Å². The zero-order valence-corrected chi connectivity index (χ0v) is 18.3. The van der Waals surface area contributed by atoms with Gasteiger partial charge in [0.15, 0.2) is 0 Å². The van der Waals surface area contributed by atoms with E-state index in [-0.39, 0.29) is 35.5 Å². The summed E-state index contributed by atoms with van der Waals surface area (Å²) < 4.78 is 7.35. The number of likely N-dealkylation sites (tertiary alicyclic amines) is 1. The monoisotopic (exact) mass is 434 g/mol. The van der Waals surface area contributed by atoms with Crippen LogP contribution in [0, 0.1) is 19.8 Å². The smallest absolute Gasteiger partial charge is 0.339 e. The number of piperidine rings is 1. The van der Waals surface area contributed by atoms with E-state index in [0.29, 0.717) is 42.8 Å². The van der Waals surface area contributed by atoms with Crippen molar-refractivity contribution in [2.45, 2.75) is 45.6 Å². The maximum atomic E-state index is 13.1. The second-order valence-corrected chi connectivity index (χ2v) is 9.08. The zero-order valence-electron chi connectivity index (χ0n) is 18.3. The number of rotatable bonds is 3. The molecule has 3 aromatic rings. The summed E-state index contributed by atoms with van der Waals surface area (Å²) in [6.07, 6.45) is 1.53. The van der Waals surface area contributed by atoms with Crippen LogP contribution in [0.3, 0.4) is 0 Å². The molecule has 2 aliphatic rings. The molecule has 1 saturated heterocycles. The van der Waals surface area contributed by atoms with Crippen molar-refractivity contribution in [2.75, 3.05) is 13.1 Å². The first-order chi connectivity index (χ1) is 15.3. The predicted molar refractivity (Wildman–Crippen MR) is 120 cm³/mol. The average Bonchev–Trinajstić information content (AvgIpc) is 2.77. The van der Waals surface area contributed by atoms with Crippen LogP contribution < -0.4 is 11.2 Å². The van der Waals surface area contributed by atoms with Gasteiger partial charge >= 0.3 is 5.63 Å². The molecule has 0 radical (unpaired) electrons. The molecular formula is C25H26N2O5. The number of fused-ring (bicyclic) bond motifs is 5. The highest BCUT2D eigenvalue weighted by atomic mass is 16.4. The van der Waals surface area contributed by atoms with E-state index in [4.69, 9.17) is 4.42 Å². The Balaban J connectivity index is 1.35. The van der Waals surface area contributed by atoms with Gasteiger partial charge in [-0.25, -0.2) is 4.79 Å². The lowest BCUT2D eigenvalue weighted by Crippen LogP contribution is -2.49. The Hall–Kier alpha value is -3.35. The number of carbonyl (C=O) groups excluding carboxylic acids is 1. The van der Waals surface area contributed by atoms with Crippen LogP contribution in [-0.2, 0) is 17.8 Å². The number of pyridine rings is 1. The predicted octanol–water partition coefficient (Wildman–Crippen LogP) is 2.86. The van der Waals surface area contributed by atoms with Gasteiger partial charge in [-0.2, -0.15) is 0 Å². The van der Waals surface area contributed by atoms with Crippen molar-refractivity contribution in [3.05, 3.63) is 73.5 Å². The molecule has 4 heterocycles. The summed E-state index contributed by atoms with van der Waals surface area (Å²) >= 11 is 0. The number of phenols is 1. The lowest BCUT2D eigenvalue weighted by molar-refractivity contribution is -0.133. The number of hydrogen-bond acceptors (Lipinski definition) is 5. The van der Waals surface area contributed by atoms with E-state index >= 15 is 0 Å². The standard InChI is InChI=1S/C25H26N2O5/c1-14-18-6-8-21(28)15(2)24(18)32-25(31)19(14)7-9-22(29)26-11-16-10-17(13-26)20-4-3-5-23(30)27(20)12-16/h3-6,8,16-17,28H,7,9-13H2,1-2H3/t16-,17+/m0/s1. The number of aryl methyl sites for hydroxylation is 2. The summed E-state index contributed by atoms with van der Waals surface area (Å²) in [4.78, 5) is 39.8. The van der Waals surface area contributed by atoms with Gasteiger partial charge in [0.2, 0.25) is 5.91 Å². The fourth-order valence-electron chi connectivity index (χ4n) is 5.36. The molecule has 32 heavy (non-hydrogen) atoms. The Morgan fingerprint density at radius 3 is 2.72 bits per heavy atom. The number of carbonyl (C=O) groups is 1. The van der Waals surface area contributed by atoms with Crippen molar-refractivity contribution in [1.29, 1.82) is 0 Å². The van der Waals surface area contributed by atoms with Crippen LogP contribution in [0.2, 0.25) is 0 Å². The van der Waals surface area contributed by atoms with Crippen molar-refractivity contribution in [3.8, 4) is 5.75 Å². The highest BCUT2D eigenvalue weighted by molar-refractivity contribution is 5.85. The van der Waals surface area contributed by atoms with E-state index in [1.807, 2.05) is 22.5 Å². The van der Waals surface area contributed by atoms with E-state index in [1.54, 1.807) is 31.2 Å². The number of aromatic nitrogens is 1. The van der Waals surface area contributed by atoms with Crippen LogP contribution in [-0.4, -0.2) is 33.6 Å². The van der Waals surface area contributed by atoms with Crippen LogP contribution in [0.5, 0.6) is 5.75 Å². The maximum absolute atomic E-state index is 13.1. The minimum atomic E-state index is -0.458. The van der Waals surface area contributed by atoms with Gasteiger partial charge in [0, 0.05) is 60.2 Å². The Kier molecular flexibility index (Phi) is 4.92. The summed E-state index contributed by atoms with van der Waals surface area (Å²) in [6, 6.07) is 8.70. The van der Waals surface area contributed by atoms with Crippen molar-refractivity contribution < 1.29 is 14.3 Å². The van der Waals surface area contributed by atoms with Gasteiger partial charge < -0.3 is 19.0 Å². The van der Waals surface area contributed by atoms with E-state index in [1.165, 1.54) is 0 Å². The largest absolute Gasteiger partial charge is 0.508 e. The molecule has 0 unspecified atom stereocenters. The molecule has 7 nitrogen and oxygen atoms in total. The lowest BCUT2D eigenvalue weighted by atomic mass is 9.83. The highest BCUT2D eigenvalue weighted by Gasteiger charge is 2.36. The van der Waals surface area contributed by atoms with Gasteiger partial charge in [-0.3, -0.25) is 9.59 Å². The summed E-state index contributed by atoms with van der Waals surface area (Å²) in [5.74, 6) is 0.548. The summed E-state index contributed by atoms with van der Waals surface area (Å²) in [5, 5.41) is 10.7. The second-order valence-electron chi connectivity index (χ2n) is 9.08. The number of nitrogens with zero attached hydrogens (tertiary/aromatic N) is 2. The van der Waals surface area contributed by atoms with Crippen molar-refractivity contribution in [3.63, 3.8) is 0 Å². The molecule has 1 fully saturated rings. The van der Waals surface area contributed by atoms with Gasteiger partial charge in [-0.15, -0.1) is 0 Å². The summed E-state index contributed by atoms with van der Waals surface area (Å²) in [7, 11) is 0. The molecular weight excluding hydrogens is 408 g/mol. The fraction of sp³-hybridized carbons (Fsp3) is 0.400. The van der Waals surface area contributed by atoms with Crippen LogP contribution in [0.25, 0.3) is 11.0 Å². The van der Waals surface area contributed by atoms with Crippen LogP contribution in [0.4, 0.5) is 0 Å². The lowest BCUT2D eigenvalue weighted by Gasteiger charge is -2.42. The molecule has 0 saturated carbocycles. The van der Waals surface area contributed by atoms with Gasteiger partial charge in [-0.05, 0) is 56.4 Å². The quantitative estimate of drug-likeness (QED) is 0.640. The SMILES string of the molecule is Cc1c(CCC(=O)N2C[C@@H]3C[C@H](C2)c2cccc(=O)n2C3)c(=O)oc2c(C)c(O)ccc12. The molecule has 166 valence electrons. The first-order valence-corrected chi connectivity index (χ1v) is 11.1. The van der Waals surface area contributed by atoms with Gasteiger partial charge in [0.25, 0.3) is 5.56 Å². The molecule has 0 spiro atoms. The third-order valence-electron chi connectivity index (χ3n) is 7.10. The molecule has 7 heteroatoms. The Morgan fingerprint density at radius 2 is 1.91 bits per heavy atom. The summed E-state index contributed by atoms with van der Waals surface area (Å²) in [6.45, 7) is 5.45. The molecule has 0 aliphatic carbocycles. The zero-order chi connectivity index (χ0) is 22.6. The molecule has 5 rings (SSSR count). The minimum absolute atomic E-state index is 0.0206. The molecule has 2 bridgehead atoms. The van der Waals surface area contributed by atoms with Gasteiger partial charge in [-0.1, -0.05) is 6.07 Å². The van der Waals surface area contributed by atoms with Crippen molar-refractivity contribution in [1.82, 2.24) is 9.47 Å². The Bertz CT molecular complexity index is 1350. The minimum Gasteiger partial charge on any atom is -0.508 e. The van der Waals surface area contributed by atoms with E-state index in [0.717, 1.165) is 23.1 Å². The number of phenolic OH excluding ortho intramolecular Hbond substituents is 1. The third-order valence-corrected chi connectivity index (χ3v) is 7.10. The van der Waals surface area contributed by atoms with Crippen LogP contribution in [0.1, 0.15) is 41.1 Å². The maximum Gasteiger partial charge on any atom is 0.339 e. The normalized spacial score (nSPS) is 19.8. The average molecular weight is 434 g/mol. The molecule has 1 amide bonds. The van der Waals surface area contributed by atoms with Crippen molar-refractivity contribution in [2.24, 2.45) is 5.92 Å². The molecule has 1 aromatic carbocycles. The van der Waals surface area contributed by atoms with Crippen molar-refractivity contribution >= 4 is 16.9 Å². The number of benzene rings is 1. The van der Waals surface area contributed by atoms with Crippen LogP contribution in [0.15, 0.2) is 44.3 Å². The number of aromatic hydroxyl groups is 1. The molecule has 2 aromatic heterocycles. The van der Waals surface area contributed by atoms with Gasteiger partial charge in [0.05, 0.1) is 0 Å². The highest BCUT2D eigenvalue weighted by Crippen LogP contribution is 2.35. The summed E-state index contributed by atoms with van der Waals surface area (Å²) in [5.41, 5.74) is 2.79. The fourth-order valence-corrected chi connectivity index (χ4v) is 5.36. The van der Waals surface area contributed by atoms with Gasteiger partial charge in [0.1, 0.15) is 11.3 Å². The molecule has 2 atom stereocenters. The van der Waals surface area contributed by atoms with E-state index < -0.39 is 5.63 Å². The Morgan fingerprint density at radius 1 is 1.09 bits per heavy atom. The Labute approximate surface area is 184 Å². The number of amides is 1. The molecule has 2 aliphatic heterocycles. The number of hydrogen-bond donors (Lipinski definition) is 1. The van der Waals surface area contributed by atoms with E-state index in [2.05, 4.69) is 0 Å². The first kappa shape index (κ1) is 20.5.